The van der Waals surface area contributed by atoms with E-state index in [9.17, 15) is 5.11 Å². The van der Waals surface area contributed by atoms with E-state index in [2.05, 4.69) is 20.9 Å². The number of ether oxygens (including phenoxy) is 1. The van der Waals surface area contributed by atoms with Gasteiger partial charge in [-0.05, 0) is 42.7 Å². The second-order valence-corrected chi connectivity index (χ2v) is 7.60. The van der Waals surface area contributed by atoms with E-state index in [0.717, 1.165) is 67.4 Å². The van der Waals surface area contributed by atoms with Crippen LogP contribution in [0.3, 0.4) is 0 Å². The molecule has 0 aliphatic carbocycles. The first-order chi connectivity index (χ1) is 13.8. The van der Waals surface area contributed by atoms with Crippen LogP contribution in [0.25, 0.3) is 11.1 Å². The summed E-state index contributed by atoms with van der Waals surface area (Å²) in [5.41, 5.74) is 3.88. The molecule has 0 amide bonds. The molecule has 3 heterocycles. The summed E-state index contributed by atoms with van der Waals surface area (Å²) < 4.78 is 11.9. The van der Waals surface area contributed by atoms with Gasteiger partial charge in [-0.2, -0.15) is 4.98 Å². The van der Waals surface area contributed by atoms with Crippen molar-refractivity contribution in [1.82, 2.24) is 9.88 Å². The number of fused-ring (bicyclic) bond motifs is 2. The molecule has 0 radical (unpaired) electrons. The van der Waals surface area contributed by atoms with Crippen LogP contribution in [0.4, 0.5) is 6.01 Å². The molecular formula is C22H25N3O3. The number of aliphatic hydroxyl groups is 1. The number of para-hydroxylation sites is 2. The van der Waals surface area contributed by atoms with Crippen molar-refractivity contribution in [3.05, 3.63) is 53.6 Å². The molecule has 2 aromatic carbocycles. The van der Waals surface area contributed by atoms with Gasteiger partial charge in [-0.15, -0.1) is 0 Å². The van der Waals surface area contributed by atoms with Gasteiger partial charge < -0.3 is 19.2 Å². The maximum atomic E-state index is 9.44. The zero-order valence-corrected chi connectivity index (χ0v) is 15.9. The fourth-order valence-corrected chi connectivity index (χ4v) is 4.30. The van der Waals surface area contributed by atoms with Crippen molar-refractivity contribution in [2.24, 2.45) is 0 Å². The maximum absolute atomic E-state index is 9.44. The maximum Gasteiger partial charge on any atom is 0.298 e. The van der Waals surface area contributed by atoms with Gasteiger partial charge in [0.05, 0.1) is 6.61 Å². The quantitative estimate of drug-likeness (QED) is 0.754. The number of hydrogen-bond acceptors (Lipinski definition) is 6. The number of aliphatic hydroxyl groups excluding tert-OH is 1. The van der Waals surface area contributed by atoms with Gasteiger partial charge in [0.25, 0.3) is 6.01 Å². The summed E-state index contributed by atoms with van der Waals surface area (Å²) in [5, 5.41) is 9.44. The summed E-state index contributed by atoms with van der Waals surface area (Å²) in [4.78, 5) is 9.42. The molecule has 6 heteroatoms. The monoisotopic (exact) mass is 379 g/mol. The molecule has 6 nitrogen and oxygen atoms in total. The molecule has 28 heavy (non-hydrogen) atoms. The lowest BCUT2D eigenvalue weighted by molar-refractivity contribution is 0.146. The lowest BCUT2D eigenvalue weighted by Crippen LogP contribution is -2.45. The third-order valence-electron chi connectivity index (χ3n) is 5.85. The molecule has 1 fully saturated rings. The smallest absolute Gasteiger partial charge is 0.298 e. The van der Waals surface area contributed by atoms with E-state index in [1.807, 2.05) is 36.4 Å². The number of benzene rings is 2. The number of aromatic nitrogens is 1. The Balaban J connectivity index is 1.27. The van der Waals surface area contributed by atoms with Crippen LogP contribution in [0.15, 0.2) is 46.9 Å². The van der Waals surface area contributed by atoms with E-state index in [1.54, 1.807) is 0 Å². The van der Waals surface area contributed by atoms with Crippen LogP contribution >= 0.6 is 0 Å². The van der Waals surface area contributed by atoms with Crippen molar-refractivity contribution in [2.45, 2.75) is 32.0 Å². The van der Waals surface area contributed by atoms with Crippen LogP contribution in [0.5, 0.6) is 5.75 Å². The van der Waals surface area contributed by atoms with Crippen molar-refractivity contribution < 1.29 is 14.3 Å². The molecule has 0 atom stereocenters. The average Bonchev–Trinajstić information content (AvgIpc) is 3.06. The number of piperidine rings is 1. The Morgan fingerprint density at radius 2 is 1.93 bits per heavy atom. The van der Waals surface area contributed by atoms with E-state index < -0.39 is 0 Å². The SMILES string of the molecule is OCc1ccc2c(c1)CN(C1CCN(c3nc4ccccc4o3)CC1)CCO2. The number of hydrogen-bond donors (Lipinski definition) is 1. The highest BCUT2D eigenvalue weighted by Gasteiger charge is 2.28. The van der Waals surface area contributed by atoms with Crippen molar-refractivity contribution in [1.29, 1.82) is 0 Å². The number of nitrogens with zero attached hydrogens (tertiary/aromatic N) is 3. The number of oxazole rings is 1. The van der Waals surface area contributed by atoms with Gasteiger partial charge in [0.1, 0.15) is 17.9 Å². The summed E-state index contributed by atoms with van der Waals surface area (Å²) >= 11 is 0. The van der Waals surface area contributed by atoms with Gasteiger partial charge >= 0.3 is 0 Å². The average molecular weight is 379 g/mol. The third-order valence-corrected chi connectivity index (χ3v) is 5.85. The van der Waals surface area contributed by atoms with Gasteiger partial charge in [-0.1, -0.05) is 18.2 Å². The van der Waals surface area contributed by atoms with E-state index in [-0.39, 0.29) is 6.61 Å². The van der Waals surface area contributed by atoms with Crippen LogP contribution in [0, 0.1) is 0 Å². The van der Waals surface area contributed by atoms with E-state index in [4.69, 9.17) is 9.15 Å². The Bertz CT molecular complexity index is 930. The molecule has 0 bridgehead atoms. The van der Waals surface area contributed by atoms with E-state index in [0.29, 0.717) is 12.6 Å². The largest absolute Gasteiger partial charge is 0.492 e. The zero-order chi connectivity index (χ0) is 18.9. The first-order valence-electron chi connectivity index (χ1n) is 10.0. The Labute approximate surface area is 164 Å². The molecule has 1 saturated heterocycles. The van der Waals surface area contributed by atoms with Gasteiger partial charge in [0, 0.05) is 37.8 Å². The fourth-order valence-electron chi connectivity index (χ4n) is 4.30. The molecule has 2 aliphatic heterocycles. The second kappa shape index (κ2) is 7.45. The summed E-state index contributed by atoms with van der Waals surface area (Å²) in [6.45, 7) is 4.46. The lowest BCUT2D eigenvalue weighted by atomic mass is 10.0. The van der Waals surface area contributed by atoms with Crippen molar-refractivity contribution >= 4 is 17.1 Å². The third kappa shape index (κ3) is 3.34. The summed E-state index contributed by atoms with van der Waals surface area (Å²) in [7, 11) is 0. The van der Waals surface area contributed by atoms with Crippen molar-refractivity contribution in [2.75, 3.05) is 31.1 Å². The normalized spacial score (nSPS) is 18.7. The van der Waals surface area contributed by atoms with Crippen molar-refractivity contribution in [3.8, 4) is 5.75 Å². The minimum Gasteiger partial charge on any atom is -0.492 e. The fraction of sp³-hybridized carbons (Fsp3) is 0.409. The minimum atomic E-state index is 0.0656. The Morgan fingerprint density at radius 1 is 1.07 bits per heavy atom. The summed E-state index contributed by atoms with van der Waals surface area (Å²) in [6, 6.07) is 15.2. The first-order valence-corrected chi connectivity index (χ1v) is 10.0. The topological polar surface area (TPSA) is 62.0 Å². The van der Waals surface area contributed by atoms with E-state index >= 15 is 0 Å². The molecule has 1 N–H and O–H groups in total. The van der Waals surface area contributed by atoms with Gasteiger partial charge in [-0.3, -0.25) is 4.90 Å². The highest BCUT2D eigenvalue weighted by Crippen LogP contribution is 2.29. The molecule has 0 saturated carbocycles. The van der Waals surface area contributed by atoms with Crippen molar-refractivity contribution in [3.63, 3.8) is 0 Å². The molecule has 0 spiro atoms. The molecular weight excluding hydrogens is 354 g/mol. The zero-order valence-electron chi connectivity index (χ0n) is 15.9. The van der Waals surface area contributed by atoms with Crippen LogP contribution in [0.2, 0.25) is 0 Å². The Morgan fingerprint density at radius 3 is 2.75 bits per heavy atom. The van der Waals surface area contributed by atoms with Crippen LogP contribution in [-0.2, 0) is 13.2 Å². The van der Waals surface area contributed by atoms with Gasteiger partial charge in [-0.25, -0.2) is 0 Å². The van der Waals surface area contributed by atoms with Crippen LogP contribution in [-0.4, -0.2) is 47.3 Å². The molecule has 2 aliphatic rings. The lowest BCUT2D eigenvalue weighted by Gasteiger charge is -2.37. The second-order valence-electron chi connectivity index (χ2n) is 7.60. The number of rotatable bonds is 3. The standard InChI is InChI=1S/C22H25N3O3/c26-15-16-5-6-20-17(13-16)14-25(11-12-27-20)18-7-9-24(10-8-18)22-23-19-3-1-2-4-21(19)28-22/h1-6,13,18,26H,7-12,14-15H2. The van der Waals surface area contributed by atoms with Gasteiger partial charge in [0.15, 0.2) is 5.58 Å². The molecule has 0 unspecified atom stereocenters. The molecule has 3 aromatic rings. The predicted molar refractivity (Wildman–Crippen MR) is 108 cm³/mol. The number of anilines is 1. The highest BCUT2D eigenvalue weighted by atomic mass is 16.5. The molecule has 146 valence electrons. The molecule has 1 aromatic heterocycles. The first kappa shape index (κ1) is 17.5. The molecule has 5 rings (SSSR count). The summed E-state index contributed by atoms with van der Waals surface area (Å²) in [5.74, 6) is 0.948. The Hall–Kier alpha value is -2.57. The van der Waals surface area contributed by atoms with Gasteiger partial charge in [0.2, 0.25) is 0 Å². The minimum absolute atomic E-state index is 0.0656. The predicted octanol–water partition coefficient (Wildman–Crippen LogP) is 3.18. The van der Waals surface area contributed by atoms with E-state index in [1.165, 1.54) is 5.56 Å². The summed E-state index contributed by atoms with van der Waals surface area (Å²) in [6.07, 6.45) is 2.15. The van der Waals surface area contributed by atoms with Crippen LogP contribution in [0.1, 0.15) is 24.0 Å². The highest BCUT2D eigenvalue weighted by molar-refractivity contribution is 5.74. The Kier molecular flexibility index (Phi) is 4.66. The van der Waals surface area contributed by atoms with Crippen LogP contribution < -0.4 is 9.64 Å².